The maximum atomic E-state index is 6.11. The van der Waals surface area contributed by atoms with Gasteiger partial charge in [0.2, 0.25) is 0 Å². The van der Waals surface area contributed by atoms with E-state index in [1.165, 1.54) is 0 Å². The largest absolute Gasteiger partial charge is 0.385 e. The average molecular weight is 297 g/mol. The number of halogens is 2. The van der Waals surface area contributed by atoms with Crippen molar-refractivity contribution in [1.29, 1.82) is 0 Å². The third-order valence-corrected chi connectivity index (χ3v) is 3.23. The maximum absolute atomic E-state index is 6.11. The van der Waals surface area contributed by atoms with Crippen LogP contribution in [0.3, 0.4) is 0 Å². The monoisotopic (exact) mass is 296 g/mol. The Kier molecular flexibility index (Phi) is 4.85. The highest BCUT2D eigenvalue weighted by atomic mass is 35.5. The lowest BCUT2D eigenvalue weighted by atomic mass is 10.1. The van der Waals surface area contributed by atoms with Crippen LogP contribution in [0, 0.1) is 0 Å². The summed E-state index contributed by atoms with van der Waals surface area (Å²) in [7, 11) is 0. The number of anilines is 2. The van der Waals surface area contributed by atoms with E-state index in [9.17, 15) is 0 Å². The van der Waals surface area contributed by atoms with Crippen molar-refractivity contribution < 1.29 is 0 Å². The molecule has 1 heterocycles. The molecule has 0 amide bonds. The highest BCUT2D eigenvalue weighted by molar-refractivity contribution is 6.35. The van der Waals surface area contributed by atoms with Gasteiger partial charge >= 0.3 is 0 Å². The molecule has 6 heteroatoms. The molecule has 1 aromatic carbocycles. The molecule has 0 aliphatic rings. The minimum atomic E-state index is 0.620. The van der Waals surface area contributed by atoms with Gasteiger partial charge in [-0.2, -0.15) is 0 Å². The van der Waals surface area contributed by atoms with E-state index in [0.29, 0.717) is 15.9 Å². The molecule has 0 unspecified atom stereocenters. The molecule has 0 aliphatic heterocycles. The number of nitrogens with two attached hydrogens (primary N) is 1. The third kappa shape index (κ3) is 3.99. The molecule has 0 saturated carbocycles. The van der Waals surface area contributed by atoms with Gasteiger partial charge in [-0.3, -0.25) is 0 Å². The maximum Gasteiger partial charge on any atom is 0.141 e. The summed E-state index contributed by atoms with van der Waals surface area (Å²) >= 11 is 12.0. The van der Waals surface area contributed by atoms with Crippen LogP contribution in [-0.2, 0) is 6.42 Å². The Morgan fingerprint density at radius 1 is 1.16 bits per heavy atom. The third-order valence-electron chi connectivity index (χ3n) is 2.65. The van der Waals surface area contributed by atoms with Crippen LogP contribution < -0.4 is 16.6 Å². The summed E-state index contributed by atoms with van der Waals surface area (Å²) in [5.41, 5.74) is 4.52. The Morgan fingerprint density at radius 2 is 2.00 bits per heavy atom. The van der Waals surface area contributed by atoms with Crippen molar-refractivity contribution in [2.24, 2.45) is 5.84 Å². The molecule has 0 saturated heterocycles. The summed E-state index contributed by atoms with van der Waals surface area (Å²) in [4.78, 5) is 4.04. The van der Waals surface area contributed by atoms with Gasteiger partial charge in [0.15, 0.2) is 0 Å². The fourth-order valence-corrected chi connectivity index (χ4v) is 2.19. The van der Waals surface area contributed by atoms with Gasteiger partial charge in [-0.15, -0.1) is 0 Å². The molecule has 2 aromatic rings. The molecule has 0 atom stereocenters. The lowest BCUT2D eigenvalue weighted by Crippen LogP contribution is -2.10. The topological polar surface area (TPSA) is 63.0 Å². The molecule has 4 nitrogen and oxygen atoms in total. The zero-order chi connectivity index (χ0) is 13.7. The van der Waals surface area contributed by atoms with E-state index >= 15 is 0 Å². The summed E-state index contributed by atoms with van der Waals surface area (Å²) in [5.74, 6) is 5.92. The van der Waals surface area contributed by atoms with Gasteiger partial charge in [-0.1, -0.05) is 29.3 Å². The van der Waals surface area contributed by atoms with Crippen molar-refractivity contribution in [3.63, 3.8) is 0 Å². The average Bonchev–Trinajstić information content (AvgIpc) is 2.41. The normalized spacial score (nSPS) is 10.3. The molecule has 0 bridgehead atoms. The molecule has 0 spiro atoms. The fraction of sp³-hybridized carbons (Fsp3) is 0.154. The highest BCUT2D eigenvalue weighted by Crippen LogP contribution is 2.21. The number of rotatable bonds is 5. The van der Waals surface area contributed by atoms with Gasteiger partial charge in [0.1, 0.15) is 5.82 Å². The van der Waals surface area contributed by atoms with E-state index in [1.54, 1.807) is 12.3 Å². The Hall–Kier alpha value is -1.49. The van der Waals surface area contributed by atoms with E-state index < -0.39 is 0 Å². The van der Waals surface area contributed by atoms with E-state index in [4.69, 9.17) is 29.0 Å². The number of benzene rings is 1. The van der Waals surface area contributed by atoms with Crippen molar-refractivity contribution in [2.75, 3.05) is 17.3 Å². The van der Waals surface area contributed by atoms with Crippen molar-refractivity contribution in [1.82, 2.24) is 4.98 Å². The number of pyridine rings is 1. The van der Waals surface area contributed by atoms with Crippen LogP contribution in [0.5, 0.6) is 0 Å². The number of hydrogen-bond donors (Lipinski definition) is 3. The van der Waals surface area contributed by atoms with Crippen LogP contribution in [0.15, 0.2) is 36.5 Å². The number of nitrogen functional groups attached to an aromatic ring is 1. The second-order valence-corrected chi connectivity index (χ2v) is 4.83. The van der Waals surface area contributed by atoms with Crippen molar-refractivity contribution in [3.05, 3.63) is 52.1 Å². The van der Waals surface area contributed by atoms with Crippen LogP contribution in [0.1, 0.15) is 5.56 Å². The predicted octanol–water partition coefficient (Wildman–Crippen LogP) is 3.33. The summed E-state index contributed by atoms with van der Waals surface area (Å²) < 4.78 is 0. The molecular formula is C13H14Cl2N4. The van der Waals surface area contributed by atoms with Gasteiger partial charge < -0.3 is 10.7 Å². The van der Waals surface area contributed by atoms with E-state index in [1.807, 2.05) is 24.3 Å². The summed E-state index contributed by atoms with van der Waals surface area (Å²) in [6, 6.07) is 9.24. The van der Waals surface area contributed by atoms with Gasteiger partial charge in [0.05, 0.1) is 0 Å². The minimum absolute atomic E-state index is 0.620. The Morgan fingerprint density at radius 3 is 2.74 bits per heavy atom. The van der Waals surface area contributed by atoms with Crippen molar-refractivity contribution in [3.8, 4) is 0 Å². The second kappa shape index (κ2) is 6.61. The standard InChI is InChI=1S/C13H14Cl2N4/c14-10-2-1-9(12(15)7-10)3-5-17-11-4-6-18-13(8-11)19-16/h1-2,4,6-8H,3,5,16H2,(H2,17,18,19). The minimum Gasteiger partial charge on any atom is -0.385 e. The van der Waals surface area contributed by atoms with Crippen LogP contribution in [0.2, 0.25) is 10.0 Å². The SMILES string of the molecule is NNc1cc(NCCc2ccc(Cl)cc2Cl)ccn1. The lowest BCUT2D eigenvalue weighted by Gasteiger charge is -2.09. The van der Waals surface area contributed by atoms with Crippen LogP contribution >= 0.6 is 23.2 Å². The Labute approximate surface area is 121 Å². The first-order valence-electron chi connectivity index (χ1n) is 5.79. The first-order valence-corrected chi connectivity index (χ1v) is 6.55. The molecule has 4 N–H and O–H groups in total. The molecule has 0 aliphatic carbocycles. The molecule has 100 valence electrons. The fourth-order valence-electron chi connectivity index (χ4n) is 1.69. The number of hydrogen-bond acceptors (Lipinski definition) is 4. The number of nitrogens with zero attached hydrogens (tertiary/aromatic N) is 1. The smallest absolute Gasteiger partial charge is 0.141 e. The molecule has 19 heavy (non-hydrogen) atoms. The zero-order valence-electron chi connectivity index (χ0n) is 10.2. The quantitative estimate of drug-likeness (QED) is 0.585. The van der Waals surface area contributed by atoms with Gasteiger partial charge in [-0.25, -0.2) is 10.8 Å². The highest BCUT2D eigenvalue weighted by Gasteiger charge is 2.01. The molecule has 2 rings (SSSR count). The predicted molar refractivity (Wildman–Crippen MR) is 80.7 cm³/mol. The van der Waals surface area contributed by atoms with Crippen LogP contribution in [0.4, 0.5) is 11.5 Å². The van der Waals surface area contributed by atoms with Crippen molar-refractivity contribution >= 4 is 34.7 Å². The Bertz CT molecular complexity index is 560. The number of hydrazine groups is 1. The van der Waals surface area contributed by atoms with E-state index in [0.717, 1.165) is 24.2 Å². The van der Waals surface area contributed by atoms with Crippen molar-refractivity contribution in [2.45, 2.75) is 6.42 Å². The summed E-state index contributed by atoms with van der Waals surface area (Å²) in [6.07, 6.45) is 2.50. The van der Waals surface area contributed by atoms with E-state index in [-0.39, 0.29) is 0 Å². The molecular weight excluding hydrogens is 283 g/mol. The number of nitrogens with one attached hydrogen (secondary N) is 2. The van der Waals surface area contributed by atoms with Gasteiger partial charge in [0, 0.05) is 34.5 Å². The molecule has 1 aromatic heterocycles. The summed E-state index contributed by atoms with van der Waals surface area (Å²) in [6.45, 7) is 0.759. The molecule has 0 fully saturated rings. The van der Waals surface area contributed by atoms with Gasteiger partial charge in [0.25, 0.3) is 0 Å². The first kappa shape index (κ1) is 13.9. The zero-order valence-corrected chi connectivity index (χ0v) is 11.7. The molecule has 0 radical (unpaired) electrons. The van der Waals surface area contributed by atoms with E-state index in [2.05, 4.69) is 15.7 Å². The van der Waals surface area contributed by atoms with Crippen LogP contribution in [0.25, 0.3) is 0 Å². The first-order chi connectivity index (χ1) is 9.19. The summed E-state index contributed by atoms with van der Waals surface area (Å²) in [5, 5.41) is 4.62. The van der Waals surface area contributed by atoms with Crippen LogP contribution in [-0.4, -0.2) is 11.5 Å². The van der Waals surface area contributed by atoms with Gasteiger partial charge in [-0.05, 0) is 30.2 Å². The second-order valence-electron chi connectivity index (χ2n) is 3.99. The Balaban J connectivity index is 1.92. The number of aromatic nitrogens is 1. The lowest BCUT2D eigenvalue weighted by molar-refractivity contribution is 1.02.